The van der Waals surface area contributed by atoms with E-state index in [1.807, 2.05) is 24.3 Å². The van der Waals surface area contributed by atoms with Gasteiger partial charge in [-0.15, -0.1) is 0 Å². The average Bonchev–Trinajstić information content (AvgIpc) is 3.27. The molecule has 26 heavy (non-hydrogen) atoms. The second-order valence-electron chi connectivity index (χ2n) is 6.29. The highest BCUT2D eigenvalue weighted by Crippen LogP contribution is 2.38. The van der Waals surface area contributed by atoms with Crippen molar-refractivity contribution in [3.8, 4) is 0 Å². The number of carbonyl (C=O) groups excluding carboxylic acids is 1. The third-order valence-corrected chi connectivity index (χ3v) is 4.95. The summed E-state index contributed by atoms with van der Waals surface area (Å²) >= 11 is 6.25. The number of fused-ring (bicyclic) bond motifs is 1. The number of halogens is 1. The van der Waals surface area contributed by atoms with Crippen LogP contribution in [0.2, 0.25) is 5.02 Å². The number of hydrogen-bond donors (Lipinski definition) is 2. The van der Waals surface area contributed by atoms with Gasteiger partial charge < -0.3 is 9.73 Å². The van der Waals surface area contributed by atoms with Gasteiger partial charge in [0.1, 0.15) is 11.6 Å². The molecule has 2 aliphatic rings. The zero-order valence-electron chi connectivity index (χ0n) is 13.6. The molecule has 1 atom stereocenters. The van der Waals surface area contributed by atoms with Crippen molar-refractivity contribution in [3.63, 3.8) is 0 Å². The Morgan fingerprint density at radius 2 is 2.12 bits per heavy atom. The summed E-state index contributed by atoms with van der Waals surface area (Å²) in [5.41, 5.74) is 3.53. The number of aromatic nitrogens is 3. The Hall–Kier alpha value is -2.93. The molecule has 1 aliphatic carbocycles. The van der Waals surface area contributed by atoms with Gasteiger partial charge in [-0.25, -0.2) is 9.98 Å². The molecule has 0 bridgehead atoms. The first kappa shape index (κ1) is 15.3. The molecule has 3 heterocycles. The lowest BCUT2D eigenvalue weighted by Gasteiger charge is -2.29. The Morgan fingerprint density at radius 1 is 1.23 bits per heavy atom. The largest absolute Gasteiger partial charge is 0.434 e. The number of nitrogens with zero attached hydrogens (tertiary/aromatic N) is 3. The van der Waals surface area contributed by atoms with Crippen molar-refractivity contribution >= 4 is 34.3 Å². The number of oxazole rings is 1. The van der Waals surface area contributed by atoms with E-state index in [2.05, 4.69) is 20.5 Å². The summed E-state index contributed by atoms with van der Waals surface area (Å²) in [6.07, 6.45) is 3.59. The fourth-order valence-electron chi connectivity index (χ4n) is 3.44. The van der Waals surface area contributed by atoms with Crippen molar-refractivity contribution in [2.24, 2.45) is 4.99 Å². The van der Waals surface area contributed by atoms with Gasteiger partial charge in [0.2, 0.25) is 0 Å². The maximum absolute atomic E-state index is 12.5. The molecule has 130 valence electrons. The zero-order valence-corrected chi connectivity index (χ0v) is 14.4. The summed E-state index contributed by atoms with van der Waals surface area (Å²) in [4.78, 5) is 21.8. The van der Waals surface area contributed by atoms with Crippen molar-refractivity contribution in [1.29, 1.82) is 0 Å². The molecule has 7 nitrogen and oxygen atoms in total. The third kappa shape index (κ3) is 2.35. The predicted octanol–water partition coefficient (Wildman–Crippen LogP) is 3.30. The Labute approximate surface area is 153 Å². The lowest BCUT2D eigenvalue weighted by atomic mass is 9.87. The van der Waals surface area contributed by atoms with Crippen LogP contribution >= 0.6 is 11.6 Å². The molecule has 2 N–H and O–H groups in total. The maximum Gasteiger partial charge on any atom is 0.263 e. The fourth-order valence-corrected chi connectivity index (χ4v) is 3.64. The molecule has 0 saturated carbocycles. The summed E-state index contributed by atoms with van der Waals surface area (Å²) < 4.78 is 5.84. The topological polar surface area (TPSA) is 96.2 Å². The normalized spacial score (nSPS) is 20.1. The second kappa shape index (κ2) is 5.81. The van der Waals surface area contributed by atoms with Crippen LogP contribution in [0.25, 0.3) is 11.1 Å². The molecular formula is C18H14ClN5O2. The molecular weight excluding hydrogens is 354 g/mol. The van der Waals surface area contributed by atoms with E-state index in [1.165, 1.54) is 6.20 Å². The van der Waals surface area contributed by atoms with Crippen LogP contribution < -0.4 is 5.32 Å². The van der Waals surface area contributed by atoms with Crippen LogP contribution in [0.4, 0.5) is 0 Å². The molecule has 0 spiro atoms. The van der Waals surface area contributed by atoms with Crippen LogP contribution in [0, 0.1) is 0 Å². The number of ketones is 1. The van der Waals surface area contributed by atoms with Gasteiger partial charge in [-0.2, -0.15) is 5.10 Å². The SMILES string of the molecule is O=C1CCCC2=C1C(c1[nH]ncc1Cl)N=C(c1nc3ccccc3o1)N2. The van der Waals surface area contributed by atoms with Gasteiger partial charge in [0, 0.05) is 17.7 Å². The molecule has 1 aromatic carbocycles. The highest BCUT2D eigenvalue weighted by atomic mass is 35.5. The van der Waals surface area contributed by atoms with E-state index in [0.29, 0.717) is 40.0 Å². The van der Waals surface area contributed by atoms with Crippen LogP contribution in [0.15, 0.2) is 51.1 Å². The van der Waals surface area contributed by atoms with Crippen molar-refractivity contribution in [2.45, 2.75) is 25.3 Å². The molecule has 0 saturated heterocycles. The number of hydrogen-bond acceptors (Lipinski definition) is 6. The highest BCUT2D eigenvalue weighted by Gasteiger charge is 2.35. The molecule has 2 aromatic heterocycles. The minimum absolute atomic E-state index is 0.0785. The molecule has 8 heteroatoms. The van der Waals surface area contributed by atoms with E-state index in [9.17, 15) is 4.79 Å². The van der Waals surface area contributed by atoms with E-state index in [1.54, 1.807) is 0 Å². The monoisotopic (exact) mass is 367 g/mol. The lowest BCUT2D eigenvalue weighted by Crippen LogP contribution is -2.35. The lowest BCUT2D eigenvalue weighted by molar-refractivity contribution is -0.116. The Morgan fingerprint density at radius 3 is 2.92 bits per heavy atom. The molecule has 0 radical (unpaired) electrons. The molecule has 5 rings (SSSR count). The van der Waals surface area contributed by atoms with Crippen LogP contribution in [0.1, 0.15) is 36.9 Å². The van der Waals surface area contributed by atoms with Crippen LogP contribution in [-0.4, -0.2) is 26.8 Å². The van der Waals surface area contributed by atoms with E-state index >= 15 is 0 Å². The van der Waals surface area contributed by atoms with Gasteiger partial charge in [-0.3, -0.25) is 9.89 Å². The number of aliphatic imine (C=N–C) groups is 1. The minimum atomic E-state index is -0.543. The van der Waals surface area contributed by atoms with Gasteiger partial charge in [-0.05, 0) is 25.0 Å². The molecule has 1 aliphatic heterocycles. The first-order valence-corrected chi connectivity index (χ1v) is 8.74. The van der Waals surface area contributed by atoms with E-state index in [-0.39, 0.29) is 5.78 Å². The average molecular weight is 368 g/mol. The third-order valence-electron chi connectivity index (χ3n) is 4.65. The molecule has 0 fully saturated rings. The number of allylic oxidation sites excluding steroid dienone is 1. The number of nitrogens with one attached hydrogen (secondary N) is 2. The maximum atomic E-state index is 12.5. The van der Waals surface area contributed by atoms with Gasteiger partial charge >= 0.3 is 0 Å². The Balaban J connectivity index is 1.65. The van der Waals surface area contributed by atoms with E-state index in [4.69, 9.17) is 21.0 Å². The zero-order chi connectivity index (χ0) is 17.7. The quantitative estimate of drug-likeness (QED) is 0.724. The van der Waals surface area contributed by atoms with Gasteiger partial charge in [0.05, 0.1) is 16.9 Å². The smallest absolute Gasteiger partial charge is 0.263 e. The molecule has 1 unspecified atom stereocenters. The minimum Gasteiger partial charge on any atom is -0.434 e. The number of H-pyrrole nitrogens is 1. The van der Waals surface area contributed by atoms with Crippen LogP contribution in [-0.2, 0) is 4.79 Å². The van der Waals surface area contributed by atoms with Gasteiger partial charge in [0.25, 0.3) is 5.89 Å². The number of aromatic amines is 1. The van der Waals surface area contributed by atoms with Crippen LogP contribution in [0.5, 0.6) is 0 Å². The first-order chi connectivity index (χ1) is 12.7. The number of rotatable bonds is 2. The fraction of sp³-hybridized carbons (Fsp3) is 0.222. The highest BCUT2D eigenvalue weighted by molar-refractivity contribution is 6.31. The van der Waals surface area contributed by atoms with Crippen molar-refractivity contribution in [1.82, 2.24) is 20.5 Å². The number of amidine groups is 1. The van der Waals surface area contributed by atoms with Crippen molar-refractivity contribution in [3.05, 3.63) is 58.3 Å². The Bertz CT molecular complexity index is 1060. The summed E-state index contributed by atoms with van der Waals surface area (Å²) in [5, 5.41) is 10.5. The van der Waals surface area contributed by atoms with Crippen molar-refractivity contribution < 1.29 is 9.21 Å². The number of para-hydroxylation sites is 2. The second-order valence-corrected chi connectivity index (χ2v) is 6.70. The number of carbonyl (C=O) groups is 1. The summed E-state index contributed by atoms with van der Waals surface area (Å²) in [6, 6.07) is 6.98. The van der Waals surface area contributed by atoms with E-state index in [0.717, 1.165) is 24.1 Å². The summed E-state index contributed by atoms with van der Waals surface area (Å²) in [6.45, 7) is 0. The molecule has 0 amide bonds. The number of Topliss-reactive ketones (excluding diaryl/α,β-unsaturated/α-hetero) is 1. The first-order valence-electron chi connectivity index (χ1n) is 8.36. The summed E-state index contributed by atoms with van der Waals surface area (Å²) in [5.74, 6) is 0.955. The van der Waals surface area contributed by atoms with Crippen LogP contribution in [0.3, 0.4) is 0 Å². The van der Waals surface area contributed by atoms with Gasteiger partial charge in [-0.1, -0.05) is 23.7 Å². The standard InChI is InChI=1S/C18H14ClN5O2/c19-9-8-20-24-15(9)16-14-11(5-3-6-12(14)25)21-17(23-16)18-22-10-4-1-2-7-13(10)26-18/h1-2,4,7-8,16H,3,5-6H2,(H,20,24)(H,21,23). The summed E-state index contributed by atoms with van der Waals surface area (Å²) in [7, 11) is 0. The number of benzene rings is 1. The van der Waals surface area contributed by atoms with Gasteiger partial charge in [0.15, 0.2) is 17.2 Å². The van der Waals surface area contributed by atoms with Crippen molar-refractivity contribution in [2.75, 3.05) is 0 Å². The predicted molar refractivity (Wildman–Crippen MR) is 95.9 cm³/mol. The molecule has 3 aromatic rings. The Kier molecular flexibility index (Phi) is 3.43. The van der Waals surface area contributed by atoms with E-state index < -0.39 is 6.04 Å².